The number of benzene rings is 1. The standard InChI is InChI=1S/C17H36O.C12H14O2.C11H24.C2H6/c1-3-4-5-6-7-8-9-10-11-12-13-14-15-16-17-18-2;13-8-9-14-12-7-3-5-10-4-1-2-6-11(10)12;1-3-5-7-9-11-10-8-6-4-2;1-2/h3-17H2,1-2H3;3,5,7-8H,1-2,4,6,9H2;3-11H2,1-2H3;1-2H3. The van der Waals surface area contributed by atoms with Gasteiger partial charge in [0.2, 0.25) is 0 Å². The molecule has 0 radical (unpaired) electrons. The number of hydrogen-bond acceptors (Lipinski definition) is 3. The topological polar surface area (TPSA) is 35.5 Å². The zero-order chi connectivity index (χ0) is 33.5. The van der Waals surface area contributed by atoms with Crippen molar-refractivity contribution in [3.8, 4) is 5.75 Å². The van der Waals surface area contributed by atoms with Gasteiger partial charge in [0.15, 0.2) is 6.29 Å². The summed E-state index contributed by atoms with van der Waals surface area (Å²) in [7, 11) is 1.79. The molecule has 0 aliphatic heterocycles. The lowest BCUT2D eigenvalue weighted by Crippen LogP contribution is -2.07. The largest absolute Gasteiger partial charge is 0.486 e. The molecule has 1 aliphatic rings. The molecule has 0 saturated carbocycles. The highest BCUT2D eigenvalue weighted by Gasteiger charge is 2.13. The van der Waals surface area contributed by atoms with Crippen molar-refractivity contribution in [2.24, 2.45) is 0 Å². The summed E-state index contributed by atoms with van der Waals surface area (Å²) >= 11 is 0. The first kappa shape index (κ1) is 45.8. The van der Waals surface area contributed by atoms with Gasteiger partial charge in [0.05, 0.1) is 0 Å². The normalized spacial score (nSPS) is 11.6. The smallest absolute Gasteiger partial charge is 0.157 e. The lowest BCUT2D eigenvalue weighted by molar-refractivity contribution is -0.109. The van der Waals surface area contributed by atoms with Gasteiger partial charge in [-0.15, -0.1) is 0 Å². The molecule has 2 rings (SSSR count). The quantitative estimate of drug-likeness (QED) is 0.0753. The van der Waals surface area contributed by atoms with E-state index in [1.165, 1.54) is 172 Å². The van der Waals surface area contributed by atoms with E-state index in [4.69, 9.17) is 9.47 Å². The van der Waals surface area contributed by atoms with E-state index >= 15 is 0 Å². The highest BCUT2D eigenvalue weighted by atomic mass is 16.5. The minimum Gasteiger partial charge on any atom is -0.486 e. The van der Waals surface area contributed by atoms with Crippen molar-refractivity contribution in [2.45, 2.75) is 208 Å². The van der Waals surface area contributed by atoms with Gasteiger partial charge in [-0.05, 0) is 49.3 Å². The third-order valence-electron chi connectivity index (χ3n) is 8.57. The van der Waals surface area contributed by atoms with Gasteiger partial charge >= 0.3 is 0 Å². The van der Waals surface area contributed by atoms with E-state index in [-0.39, 0.29) is 6.61 Å². The molecule has 3 nitrogen and oxygen atoms in total. The van der Waals surface area contributed by atoms with Crippen LogP contribution < -0.4 is 4.74 Å². The van der Waals surface area contributed by atoms with Crippen molar-refractivity contribution in [3.63, 3.8) is 0 Å². The van der Waals surface area contributed by atoms with Gasteiger partial charge in [-0.2, -0.15) is 0 Å². The number of carbonyl (C=O) groups excluding carboxylic acids is 1. The molecule has 0 heterocycles. The van der Waals surface area contributed by atoms with Crippen LogP contribution in [0.2, 0.25) is 0 Å². The van der Waals surface area contributed by atoms with Crippen LogP contribution in [0.1, 0.15) is 206 Å². The summed E-state index contributed by atoms with van der Waals surface area (Å²) in [5, 5.41) is 0. The molecular formula is C42H80O3. The Labute approximate surface area is 283 Å². The molecule has 0 unspecified atom stereocenters. The second-order valence-electron chi connectivity index (χ2n) is 12.6. The highest BCUT2D eigenvalue weighted by Crippen LogP contribution is 2.29. The number of unbranched alkanes of at least 4 members (excludes halogenated alkanes) is 21. The van der Waals surface area contributed by atoms with Crippen LogP contribution in [0.4, 0.5) is 0 Å². The molecule has 0 fully saturated rings. The van der Waals surface area contributed by atoms with Crippen LogP contribution >= 0.6 is 0 Å². The van der Waals surface area contributed by atoms with Crippen LogP contribution in [0, 0.1) is 0 Å². The number of methoxy groups -OCH3 is 1. The Kier molecular flexibility index (Phi) is 41.4. The van der Waals surface area contributed by atoms with Gasteiger partial charge in [0.25, 0.3) is 0 Å². The maximum absolute atomic E-state index is 10.2. The summed E-state index contributed by atoms with van der Waals surface area (Å²) in [4.78, 5) is 10.2. The van der Waals surface area contributed by atoms with Crippen molar-refractivity contribution in [1.29, 1.82) is 0 Å². The minimum atomic E-state index is 0.163. The van der Waals surface area contributed by atoms with Crippen molar-refractivity contribution >= 4 is 6.29 Å². The van der Waals surface area contributed by atoms with E-state index < -0.39 is 0 Å². The van der Waals surface area contributed by atoms with Gasteiger partial charge in [0.1, 0.15) is 12.4 Å². The maximum Gasteiger partial charge on any atom is 0.157 e. The monoisotopic (exact) mass is 633 g/mol. The molecule has 45 heavy (non-hydrogen) atoms. The number of carbonyl (C=O) groups is 1. The molecule has 3 heteroatoms. The molecule has 1 aromatic carbocycles. The van der Waals surface area contributed by atoms with E-state index in [0.717, 1.165) is 31.5 Å². The molecule has 0 aromatic heterocycles. The number of rotatable bonds is 26. The van der Waals surface area contributed by atoms with Gasteiger partial charge in [-0.3, -0.25) is 4.79 Å². The molecular weight excluding hydrogens is 552 g/mol. The molecule has 1 aliphatic carbocycles. The first-order chi connectivity index (χ1) is 22.2. The molecule has 0 bridgehead atoms. The maximum atomic E-state index is 10.2. The van der Waals surface area contributed by atoms with Crippen LogP contribution in [-0.2, 0) is 22.4 Å². The van der Waals surface area contributed by atoms with Crippen molar-refractivity contribution in [3.05, 3.63) is 29.3 Å². The minimum absolute atomic E-state index is 0.163. The molecule has 0 N–H and O–H groups in total. The van der Waals surface area contributed by atoms with Crippen LogP contribution in [0.25, 0.3) is 0 Å². The van der Waals surface area contributed by atoms with E-state index in [1.54, 1.807) is 7.11 Å². The second-order valence-corrected chi connectivity index (χ2v) is 12.6. The van der Waals surface area contributed by atoms with E-state index in [2.05, 4.69) is 26.8 Å². The summed E-state index contributed by atoms with van der Waals surface area (Å²) in [6.45, 7) is 11.9. The Morgan fingerprint density at radius 3 is 1.38 bits per heavy atom. The number of aryl methyl sites for hydroxylation is 1. The fourth-order valence-electron chi connectivity index (χ4n) is 5.83. The first-order valence-electron chi connectivity index (χ1n) is 19.9. The Balaban J connectivity index is 0. The predicted molar refractivity (Wildman–Crippen MR) is 201 cm³/mol. The average Bonchev–Trinajstić information content (AvgIpc) is 3.08. The molecule has 0 atom stereocenters. The van der Waals surface area contributed by atoms with E-state index in [1.807, 2.05) is 26.0 Å². The summed E-state index contributed by atoms with van der Waals surface area (Å²) < 4.78 is 10.4. The van der Waals surface area contributed by atoms with Crippen molar-refractivity contribution in [2.75, 3.05) is 20.3 Å². The Bertz CT molecular complexity index is 663. The Hall–Kier alpha value is -1.35. The van der Waals surface area contributed by atoms with Gasteiger partial charge in [0, 0.05) is 13.7 Å². The van der Waals surface area contributed by atoms with Crippen molar-refractivity contribution in [1.82, 2.24) is 0 Å². The highest BCUT2D eigenvalue weighted by molar-refractivity contribution is 5.52. The summed E-state index contributed by atoms with van der Waals surface area (Å²) in [6.07, 6.45) is 38.4. The van der Waals surface area contributed by atoms with Crippen LogP contribution in [0.15, 0.2) is 18.2 Å². The third kappa shape index (κ3) is 32.4. The van der Waals surface area contributed by atoms with Gasteiger partial charge in [-0.1, -0.05) is 188 Å². The Morgan fingerprint density at radius 2 is 0.978 bits per heavy atom. The average molecular weight is 633 g/mol. The third-order valence-corrected chi connectivity index (χ3v) is 8.57. The number of ether oxygens (including phenoxy) is 2. The molecule has 0 saturated heterocycles. The summed E-state index contributed by atoms with van der Waals surface area (Å²) in [5.41, 5.74) is 2.69. The second kappa shape index (κ2) is 40.7. The lowest BCUT2D eigenvalue weighted by atomic mass is 9.91. The zero-order valence-electron chi connectivity index (χ0n) is 31.5. The molecule has 266 valence electrons. The fraction of sp³-hybridized carbons (Fsp3) is 0.833. The summed E-state index contributed by atoms with van der Waals surface area (Å²) in [6, 6.07) is 6.11. The predicted octanol–water partition coefficient (Wildman–Crippen LogP) is 13.8. The van der Waals surface area contributed by atoms with Crippen LogP contribution in [-0.4, -0.2) is 26.6 Å². The van der Waals surface area contributed by atoms with Crippen LogP contribution in [0.3, 0.4) is 0 Å². The summed E-state index contributed by atoms with van der Waals surface area (Å²) in [5.74, 6) is 0.898. The van der Waals surface area contributed by atoms with Crippen LogP contribution in [0.5, 0.6) is 5.75 Å². The Morgan fingerprint density at radius 1 is 0.578 bits per heavy atom. The van der Waals surface area contributed by atoms with Crippen molar-refractivity contribution < 1.29 is 14.3 Å². The van der Waals surface area contributed by atoms with Gasteiger partial charge < -0.3 is 9.47 Å². The number of hydrogen-bond donors (Lipinski definition) is 0. The van der Waals surface area contributed by atoms with Gasteiger partial charge in [-0.25, -0.2) is 0 Å². The van der Waals surface area contributed by atoms with E-state index in [9.17, 15) is 4.79 Å². The molecule has 1 aromatic rings. The number of fused-ring (bicyclic) bond motifs is 1. The lowest BCUT2D eigenvalue weighted by Gasteiger charge is -2.18. The van der Waals surface area contributed by atoms with E-state index in [0.29, 0.717) is 0 Å². The SMILES string of the molecule is CC.CCCCCCCCCCC.CCCCCCCCCCCCCCCCOC.O=CCOc1cccc2c1CCCC2. The molecule has 0 spiro atoms. The number of aldehydes is 1. The first-order valence-corrected chi connectivity index (χ1v) is 19.9. The molecule has 0 amide bonds. The zero-order valence-corrected chi connectivity index (χ0v) is 31.5. The fourth-order valence-corrected chi connectivity index (χ4v) is 5.83.